The lowest BCUT2D eigenvalue weighted by atomic mass is 10.1. The number of aliphatic hydroxyl groups excluding tert-OH is 1. The molecule has 0 aromatic carbocycles. The molecule has 80 valence electrons. The van der Waals surface area contributed by atoms with E-state index < -0.39 is 0 Å². The van der Waals surface area contributed by atoms with Crippen LogP contribution in [-0.4, -0.2) is 34.1 Å². The van der Waals surface area contributed by atoms with Crippen molar-refractivity contribution in [3.63, 3.8) is 0 Å². The molecular formula is C9H10ClN3O2. The van der Waals surface area contributed by atoms with Gasteiger partial charge in [-0.25, -0.2) is 9.97 Å². The molecule has 0 radical (unpaired) electrons. The van der Waals surface area contributed by atoms with E-state index in [1.54, 1.807) is 0 Å². The van der Waals surface area contributed by atoms with Gasteiger partial charge in [0.05, 0.1) is 17.4 Å². The Bertz CT molecular complexity index is 368. The smallest absolute Gasteiger partial charge is 0.232 e. The van der Waals surface area contributed by atoms with E-state index in [0.717, 1.165) is 0 Å². The molecule has 5 nitrogen and oxygen atoms in total. The fourth-order valence-electron chi connectivity index (χ4n) is 1.54. The minimum atomic E-state index is -0.0589. The van der Waals surface area contributed by atoms with Crippen LogP contribution in [0.4, 0.5) is 5.95 Å². The topological polar surface area (TPSA) is 66.3 Å². The van der Waals surface area contributed by atoms with E-state index in [4.69, 9.17) is 16.7 Å². The molecule has 1 aromatic rings. The normalized spacial score (nSPS) is 21.1. The van der Waals surface area contributed by atoms with Crippen molar-refractivity contribution in [3.05, 3.63) is 17.4 Å². The van der Waals surface area contributed by atoms with Gasteiger partial charge in [-0.05, 0) is 0 Å². The van der Waals surface area contributed by atoms with Crippen molar-refractivity contribution in [2.24, 2.45) is 5.92 Å². The molecule has 0 bridgehead atoms. The third-order valence-corrected chi connectivity index (χ3v) is 2.51. The first-order chi connectivity index (χ1) is 7.20. The standard InChI is InChI=1S/C9H10ClN3O2/c10-7-2-11-9(12-3-7)13-4-6(5-14)1-8(13)15/h2-3,6,14H,1,4-5H2. The molecule has 1 aliphatic rings. The summed E-state index contributed by atoms with van der Waals surface area (Å²) in [7, 11) is 0. The molecule has 15 heavy (non-hydrogen) atoms. The maximum Gasteiger partial charge on any atom is 0.232 e. The van der Waals surface area contributed by atoms with Crippen LogP contribution in [0, 0.1) is 5.92 Å². The Balaban J connectivity index is 2.18. The summed E-state index contributed by atoms with van der Waals surface area (Å²) in [4.78, 5) is 20.9. The van der Waals surface area contributed by atoms with Crippen molar-refractivity contribution in [1.82, 2.24) is 9.97 Å². The van der Waals surface area contributed by atoms with Crippen LogP contribution in [0.25, 0.3) is 0 Å². The van der Waals surface area contributed by atoms with Gasteiger partial charge in [0, 0.05) is 25.5 Å². The molecule has 1 atom stereocenters. The highest BCUT2D eigenvalue weighted by atomic mass is 35.5. The predicted octanol–water partition coefficient (Wildman–Crippen LogP) is 0.475. The molecule has 2 heterocycles. The highest BCUT2D eigenvalue weighted by Gasteiger charge is 2.31. The van der Waals surface area contributed by atoms with Gasteiger partial charge in [-0.3, -0.25) is 9.69 Å². The van der Waals surface area contributed by atoms with Crippen molar-refractivity contribution in [2.75, 3.05) is 18.1 Å². The Labute approximate surface area is 91.7 Å². The molecule has 1 amide bonds. The molecule has 0 spiro atoms. The third-order valence-electron chi connectivity index (χ3n) is 2.31. The molecule has 2 rings (SSSR count). The highest BCUT2D eigenvalue weighted by Crippen LogP contribution is 2.21. The van der Waals surface area contributed by atoms with Gasteiger partial charge >= 0.3 is 0 Å². The van der Waals surface area contributed by atoms with E-state index in [9.17, 15) is 4.79 Å². The molecule has 1 aliphatic heterocycles. The maximum atomic E-state index is 11.5. The van der Waals surface area contributed by atoms with E-state index in [1.165, 1.54) is 17.3 Å². The number of nitrogens with zero attached hydrogens (tertiary/aromatic N) is 3. The molecule has 0 saturated carbocycles. The lowest BCUT2D eigenvalue weighted by molar-refractivity contribution is -0.117. The van der Waals surface area contributed by atoms with Gasteiger partial charge in [-0.15, -0.1) is 0 Å². The number of anilines is 1. The zero-order valence-electron chi connectivity index (χ0n) is 7.93. The quantitative estimate of drug-likeness (QED) is 0.798. The predicted molar refractivity (Wildman–Crippen MR) is 54.6 cm³/mol. The van der Waals surface area contributed by atoms with Crippen LogP contribution in [0.5, 0.6) is 0 Å². The Morgan fingerprint density at radius 3 is 2.73 bits per heavy atom. The summed E-state index contributed by atoms with van der Waals surface area (Å²) >= 11 is 5.64. The largest absolute Gasteiger partial charge is 0.396 e. The SMILES string of the molecule is O=C1CC(CO)CN1c1ncc(Cl)cn1. The van der Waals surface area contributed by atoms with Gasteiger partial charge in [0.25, 0.3) is 0 Å². The zero-order chi connectivity index (χ0) is 10.8. The molecule has 0 aliphatic carbocycles. The maximum absolute atomic E-state index is 11.5. The second kappa shape index (κ2) is 4.12. The monoisotopic (exact) mass is 227 g/mol. The summed E-state index contributed by atoms with van der Waals surface area (Å²) in [5, 5.41) is 9.39. The summed E-state index contributed by atoms with van der Waals surface area (Å²) in [5.74, 6) is 0.272. The van der Waals surface area contributed by atoms with Gasteiger partial charge < -0.3 is 5.11 Å². The van der Waals surface area contributed by atoms with Crippen molar-refractivity contribution < 1.29 is 9.90 Å². The minimum absolute atomic E-state index is 0.00975. The molecule has 1 N–H and O–H groups in total. The first-order valence-electron chi connectivity index (χ1n) is 4.59. The summed E-state index contributed by atoms with van der Waals surface area (Å²) in [6.07, 6.45) is 3.25. The third kappa shape index (κ3) is 2.08. The lowest BCUT2D eigenvalue weighted by Crippen LogP contribution is -2.26. The van der Waals surface area contributed by atoms with Crippen molar-refractivity contribution in [3.8, 4) is 0 Å². The van der Waals surface area contributed by atoms with Crippen LogP contribution in [0.2, 0.25) is 5.02 Å². The lowest BCUT2D eigenvalue weighted by Gasteiger charge is -2.13. The van der Waals surface area contributed by atoms with Crippen LogP contribution in [0.3, 0.4) is 0 Å². The minimum Gasteiger partial charge on any atom is -0.396 e. The van der Waals surface area contributed by atoms with Crippen LogP contribution in [0.15, 0.2) is 12.4 Å². The number of hydrogen-bond acceptors (Lipinski definition) is 4. The highest BCUT2D eigenvalue weighted by molar-refractivity contribution is 6.30. The fraction of sp³-hybridized carbons (Fsp3) is 0.444. The average molecular weight is 228 g/mol. The first kappa shape index (κ1) is 10.3. The number of amides is 1. The molecule has 1 unspecified atom stereocenters. The molecule has 1 saturated heterocycles. The van der Waals surface area contributed by atoms with Crippen molar-refractivity contribution >= 4 is 23.5 Å². The Morgan fingerprint density at radius 1 is 1.53 bits per heavy atom. The number of aromatic nitrogens is 2. The van der Waals surface area contributed by atoms with Gasteiger partial charge in [0.1, 0.15) is 0 Å². The van der Waals surface area contributed by atoms with E-state index >= 15 is 0 Å². The van der Waals surface area contributed by atoms with Crippen LogP contribution < -0.4 is 4.90 Å². The molecular weight excluding hydrogens is 218 g/mol. The Morgan fingerprint density at radius 2 is 2.20 bits per heavy atom. The fourth-order valence-corrected chi connectivity index (χ4v) is 1.64. The molecule has 6 heteroatoms. The molecule has 1 aromatic heterocycles. The number of aliphatic hydroxyl groups is 1. The van der Waals surface area contributed by atoms with Crippen molar-refractivity contribution in [1.29, 1.82) is 0 Å². The van der Waals surface area contributed by atoms with Crippen LogP contribution >= 0.6 is 11.6 Å². The summed E-state index contributed by atoms with van der Waals surface area (Å²) in [6, 6.07) is 0. The number of carbonyl (C=O) groups excluding carboxylic acids is 1. The summed E-state index contributed by atoms with van der Waals surface area (Å²) in [5.41, 5.74) is 0. The second-order valence-electron chi connectivity index (χ2n) is 3.46. The van der Waals surface area contributed by atoms with E-state index in [2.05, 4.69) is 9.97 Å². The zero-order valence-corrected chi connectivity index (χ0v) is 8.68. The average Bonchev–Trinajstić information content (AvgIpc) is 2.61. The summed E-state index contributed by atoms with van der Waals surface area (Å²) in [6.45, 7) is 0.479. The second-order valence-corrected chi connectivity index (χ2v) is 3.89. The van der Waals surface area contributed by atoms with Gasteiger partial charge in [-0.1, -0.05) is 11.6 Å². The van der Waals surface area contributed by atoms with Gasteiger partial charge in [0.15, 0.2) is 0 Å². The first-order valence-corrected chi connectivity index (χ1v) is 4.97. The van der Waals surface area contributed by atoms with Crippen LogP contribution in [-0.2, 0) is 4.79 Å². The number of rotatable bonds is 2. The van der Waals surface area contributed by atoms with E-state index in [-0.39, 0.29) is 18.4 Å². The van der Waals surface area contributed by atoms with Gasteiger partial charge in [-0.2, -0.15) is 0 Å². The van der Waals surface area contributed by atoms with Gasteiger partial charge in [0.2, 0.25) is 11.9 Å². The van der Waals surface area contributed by atoms with E-state index in [0.29, 0.717) is 23.9 Å². The van der Waals surface area contributed by atoms with E-state index in [1.807, 2.05) is 0 Å². The van der Waals surface area contributed by atoms with Crippen LogP contribution in [0.1, 0.15) is 6.42 Å². The number of hydrogen-bond donors (Lipinski definition) is 1. The Kier molecular flexibility index (Phi) is 2.83. The molecule has 1 fully saturated rings. The summed E-state index contributed by atoms with van der Waals surface area (Å²) < 4.78 is 0. The Hall–Kier alpha value is -1.20. The van der Waals surface area contributed by atoms with Crippen molar-refractivity contribution in [2.45, 2.75) is 6.42 Å². The number of halogens is 1. The number of carbonyl (C=O) groups is 1.